The second kappa shape index (κ2) is 7.09. The maximum Gasteiger partial charge on any atom is 0.379 e. The van der Waals surface area contributed by atoms with Crippen molar-refractivity contribution in [1.29, 1.82) is 0 Å². The third-order valence-corrected chi connectivity index (χ3v) is 2.55. The van der Waals surface area contributed by atoms with E-state index in [0.717, 1.165) is 0 Å². The molecule has 0 amide bonds. The summed E-state index contributed by atoms with van der Waals surface area (Å²) in [5.41, 5.74) is 0.321. The Kier molecular flexibility index (Phi) is 4.89. The number of carbonyl (C=O) groups is 2. The monoisotopic (exact) mass is 270 g/mol. The predicted molar refractivity (Wildman–Crippen MR) is 73.7 cm³/mol. The van der Waals surface area contributed by atoms with Crippen LogP contribution in [-0.2, 0) is 9.53 Å². The average molecular weight is 270 g/mol. The zero-order valence-corrected chi connectivity index (χ0v) is 10.8. The van der Waals surface area contributed by atoms with Crippen molar-refractivity contribution in [3.8, 4) is 5.75 Å². The molecule has 0 atom stereocenters. The third-order valence-electron chi connectivity index (χ3n) is 2.55. The van der Waals surface area contributed by atoms with Gasteiger partial charge in [0, 0.05) is 5.56 Å². The number of ether oxygens (including phenoxy) is 2. The lowest BCUT2D eigenvalue weighted by atomic mass is 10.1. The Morgan fingerprint density at radius 1 is 0.800 bits per heavy atom. The number of esters is 1. The normalized spacial score (nSPS) is 9.80. The van der Waals surface area contributed by atoms with Crippen molar-refractivity contribution in [2.45, 2.75) is 0 Å². The summed E-state index contributed by atoms with van der Waals surface area (Å²) >= 11 is 0. The Labute approximate surface area is 116 Å². The van der Waals surface area contributed by atoms with Crippen molar-refractivity contribution in [2.75, 3.05) is 13.2 Å². The van der Waals surface area contributed by atoms with Crippen LogP contribution in [0.3, 0.4) is 0 Å². The molecule has 2 aromatic carbocycles. The lowest BCUT2D eigenvalue weighted by Crippen LogP contribution is -2.20. The molecule has 4 nitrogen and oxygen atoms in total. The van der Waals surface area contributed by atoms with Crippen molar-refractivity contribution in [2.24, 2.45) is 0 Å². The van der Waals surface area contributed by atoms with Gasteiger partial charge in [0.2, 0.25) is 0 Å². The van der Waals surface area contributed by atoms with E-state index in [-0.39, 0.29) is 13.2 Å². The molecule has 0 heterocycles. The molecule has 102 valence electrons. The van der Waals surface area contributed by atoms with E-state index < -0.39 is 11.8 Å². The molecule has 0 saturated heterocycles. The highest BCUT2D eigenvalue weighted by atomic mass is 16.6. The Morgan fingerprint density at radius 2 is 1.40 bits per heavy atom. The molecule has 0 saturated carbocycles. The molecule has 0 spiro atoms. The molecular weight excluding hydrogens is 256 g/mol. The minimum atomic E-state index is -0.868. The molecule has 0 unspecified atom stereocenters. The second-order valence-electron chi connectivity index (χ2n) is 3.99. The van der Waals surface area contributed by atoms with E-state index in [1.54, 1.807) is 42.5 Å². The molecule has 0 aliphatic carbocycles. The van der Waals surface area contributed by atoms with Gasteiger partial charge in [-0.1, -0.05) is 48.5 Å². The van der Waals surface area contributed by atoms with E-state index >= 15 is 0 Å². The van der Waals surface area contributed by atoms with Gasteiger partial charge in [-0.05, 0) is 12.1 Å². The van der Waals surface area contributed by atoms with Crippen LogP contribution in [0, 0.1) is 0 Å². The molecule has 2 aromatic rings. The first-order chi connectivity index (χ1) is 9.77. The maximum atomic E-state index is 11.7. The van der Waals surface area contributed by atoms with E-state index in [1.165, 1.54) is 0 Å². The molecule has 2 rings (SSSR count). The number of Topliss-reactive ketones (excluding diaryl/α,β-unsaturated/α-hetero) is 1. The van der Waals surface area contributed by atoms with Gasteiger partial charge < -0.3 is 9.47 Å². The first kappa shape index (κ1) is 13.8. The van der Waals surface area contributed by atoms with Gasteiger partial charge in [-0.15, -0.1) is 0 Å². The molecule has 0 N–H and O–H groups in total. The maximum absolute atomic E-state index is 11.7. The highest BCUT2D eigenvalue weighted by Crippen LogP contribution is 2.07. The number of rotatable bonds is 6. The fourth-order valence-electron chi connectivity index (χ4n) is 1.58. The lowest BCUT2D eigenvalue weighted by molar-refractivity contribution is -0.138. The zero-order valence-electron chi connectivity index (χ0n) is 10.8. The Bertz CT molecular complexity index is 564. The Hall–Kier alpha value is -2.62. The van der Waals surface area contributed by atoms with Gasteiger partial charge in [-0.3, -0.25) is 4.79 Å². The number of carbonyl (C=O) groups excluding carboxylic acids is 2. The minimum absolute atomic E-state index is 0.0340. The highest BCUT2D eigenvalue weighted by molar-refractivity contribution is 6.40. The molecule has 0 aliphatic rings. The van der Waals surface area contributed by atoms with Crippen molar-refractivity contribution in [3.05, 3.63) is 66.2 Å². The van der Waals surface area contributed by atoms with Gasteiger partial charge in [-0.2, -0.15) is 0 Å². The third kappa shape index (κ3) is 3.95. The van der Waals surface area contributed by atoms with Crippen molar-refractivity contribution < 1.29 is 19.1 Å². The van der Waals surface area contributed by atoms with E-state index in [2.05, 4.69) is 0 Å². The van der Waals surface area contributed by atoms with Gasteiger partial charge in [0.25, 0.3) is 5.78 Å². The summed E-state index contributed by atoms with van der Waals surface area (Å²) in [5, 5.41) is 0. The van der Waals surface area contributed by atoms with E-state index in [1.807, 2.05) is 18.2 Å². The van der Waals surface area contributed by atoms with Crippen molar-refractivity contribution >= 4 is 11.8 Å². The first-order valence-corrected chi connectivity index (χ1v) is 6.22. The quantitative estimate of drug-likeness (QED) is 0.350. The van der Waals surface area contributed by atoms with E-state index in [4.69, 9.17) is 9.47 Å². The van der Waals surface area contributed by atoms with Crippen LogP contribution in [0.15, 0.2) is 60.7 Å². The number of ketones is 1. The summed E-state index contributed by atoms with van der Waals surface area (Å²) in [7, 11) is 0. The fourth-order valence-corrected chi connectivity index (χ4v) is 1.58. The van der Waals surface area contributed by atoms with Crippen LogP contribution in [0.2, 0.25) is 0 Å². The largest absolute Gasteiger partial charge is 0.490 e. The SMILES string of the molecule is O=C(OCCOc1ccccc1)C(=O)c1ccccc1. The van der Waals surface area contributed by atoms with Crippen molar-refractivity contribution in [1.82, 2.24) is 0 Å². The molecule has 4 heteroatoms. The average Bonchev–Trinajstić information content (AvgIpc) is 2.52. The van der Waals surface area contributed by atoms with Crippen LogP contribution in [-0.4, -0.2) is 25.0 Å². The Balaban J connectivity index is 1.74. The van der Waals surface area contributed by atoms with Crippen LogP contribution in [0.4, 0.5) is 0 Å². The van der Waals surface area contributed by atoms with Crippen LogP contribution in [0.25, 0.3) is 0 Å². The molecular formula is C16H14O4. The number of para-hydroxylation sites is 1. The highest BCUT2D eigenvalue weighted by Gasteiger charge is 2.17. The van der Waals surface area contributed by atoms with Gasteiger partial charge in [-0.25, -0.2) is 4.79 Å². The molecule has 0 bridgehead atoms. The fraction of sp³-hybridized carbons (Fsp3) is 0.125. The summed E-state index contributed by atoms with van der Waals surface area (Å²) in [6.45, 7) is 0.240. The van der Waals surface area contributed by atoms with Gasteiger partial charge in [0.1, 0.15) is 19.0 Å². The van der Waals surface area contributed by atoms with E-state index in [0.29, 0.717) is 11.3 Å². The zero-order chi connectivity index (χ0) is 14.2. The second-order valence-corrected chi connectivity index (χ2v) is 3.99. The topological polar surface area (TPSA) is 52.6 Å². The van der Waals surface area contributed by atoms with Crippen LogP contribution in [0.1, 0.15) is 10.4 Å². The number of hydrogen-bond acceptors (Lipinski definition) is 4. The van der Waals surface area contributed by atoms with Crippen LogP contribution >= 0.6 is 0 Å². The predicted octanol–water partition coefficient (Wildman–Crippen LogP) is 2.49. The minimum Gasteiger partial charge on any atom is -0.490 e. The van der Waals surface area contributed by atoms with E-state index in [9.17, 15) is 9.59 Å². The molecule has 0 aliphatic heterocycles. The molecule has 0 aromatic heterocycles. The number of hydrogen-bond donors (Lipinski definition) is 0. The summed E-state index contributed by atoms with van der Waals surface area (Å²) in [5.74, 6) is -0.823. The summed E-state index contributed by atoms with van der Waals surface area (Å²) in [6.07, 6.45) is 0. The molecule has 20 heavy (non-hydrogen) atoms. The summed E-state index contributed by atoms with van der Waals surface area (Å²) in [6, 6.07) is 17.5. The molecule has 0 fully saturated rings. The van der Waals surface area contributed by atoms with Crippen LogP contribution in [0.5, 0.6) is 5.75 Å². The summed E-state index contributed by atoms with van der Waals surface area (Å²) < 4.78 is 10.2. The lowest BCUT2D eigenvalue weighted by Gasteiger charge is -2.06. The van der Waals surface area contributed by atoms with Gasteiger partial charge in [0.15, 0.2) is 0 Å². The van der Waals surface area contributed by atoms with Gasteiger partial charge in [0.05, 0.1) is 0 Å². The van der Waals surface area contributed by atoms with Crippen molar-refractivity contribution in [3.63, 3.8) is 0 Å². The Morgan fingerprint density at radius 3 is 2.05 bits per heavy atom. The van der Waals surface area contributed by atoms with Gasteiger partial charge >= 0.3 is 5.97 Å². The molecule has 0 radical (unpaired) electrons. The number of benzene rings is 2. The summed E-state index contributed by atoms with van der Waals surface area (Å²) in [4.78, 5) is 23.2. The first-order valence-electron chi connectivity index (χ1n) is 6.22. The standard InChI is InChI=1S/C16H14O4/c17-15(13-7-3-1-4-8-13)16(18)20-12-11-19-14-9-5-2-6-10-14/h1-10H,11-12H2. The van der Waals surface area contributed by atoms with Crippen LogP contribution < -0.4 is 4.74 Å². The smallest absolute Gasteiger partial charge is 0.379 e.